The molecule has 0 heterocycles. The van der Waals surface area contributed by atoms with E-state index < -0.39 is 0 Å². The molecule has 0 bridgehead atoms. The van der Waals surface area contributed by atoms with Crippen LogP contribution in [0.1, 0.15) is 54.6 Å². The van der Waals surface area contributed by atoms with Crippen molar-refractivity contribution in [1.29, 1.82) is 0 Å². The first-order valence-corrected chi connectivity index (χ1v) is 7.19. The van der Waals surface area contributed by atoms with E-state index in [1.54, 1.807) is 0 Å². The Hall–Kier alpha value is -1.79. The highest BCUT2D eigenvalue weighted by Crippen LogP contribution is 2.11. The maximum Gasteiger partial charge on any atom is 0.251 e. The van der Waals surface area contributed by atoms with Crippen molar-refractivity contribution in [1.82, 2.24) is 5.32 Å². The van der Waals surface area contributed by atoms with Crippen molar-refractivity contribution in [2.24, 2.45) is 5.73 Å². The molecule has 1 amide bonds. The van der Waals surface area contributed by atoms with Crippen molar-refractivity contribution in [3.8, 4) is 11.8 Å². The van der Waals surface area contributed by atoms with Gasteiger partial charge in [-0.25, -0.2) is 0 Å². The van der Waals surface area contributed by atoms with E-state index in [4.69, 9.17) is 5.73 Å². The highest BCUT2D eigenvalue weighted by molar-refractivity contribution is 5.94. The molecule has 3 N–H and O–H groups in total. The number of amides is 1. The van der Waals surface area contributed by atoms with Crippen LogP contribution in [-0.4, -0.2) is 18.5 Å². The molecule has 0 saturated carbocycles. The number of carbonyl (C=O) groups excluding carboxylic acids is 1. The summed E-state index contributed by atoms with van der Waals surface area (Å²) in [6.45, 7) is 6.49. The fourth-order valence-electron chi connectivity index (χ4n) is 1.93. The van der Waals surface area contributed by atoms with Crippen molar-refractivity contribution < 1.29 is 4.79 Å². The Morgan fingerprint density at radius 1 is 1.45 bits per heavy atom. The lowest BCUT2D eigenvalue weighted by molar-refractivity contribution is 0.0938. The lowest BCUT2D eigenvalue weighted by atomic mass is 10.0. The molecule has 3 heteroatoms. The largest absolute Gasteiger partial charge is 0.350 e. The fraction of sp³-hybridized carbons (Fsp3) is 0.471. The van der Waals surface area contributed by atoms with Gasteiger partial charge in [-0.15, -0.1) is 0 Å². The summed E-state index contributed by atoms with van der Waals surface area (Å²) < 4.78 is 0. The van der Waals surface area contributed by atoms with E-state index in [9.17, 15) is 4.79 Å². The third-order valence-electron chi connectivity index (χ3n) is 3.19. The first kappa shape index (κ1) is 16.3. The maximum atomic E-state index is 12.2. The summed E-state index contributed by atoms with van der Waals surface area (Å²) in [5.41, 5.74) is 7.96. The van der Waals surface area contributed by atoms with Crippen molar-refractivity contribution in [2.45, 2.75) is 46.1 Å². The maximum absolute atomic E-state index is 12.2. The molecule has 108 valence electrons. The summed E-state index contributed by atoms with van der Waals surface area (Å²) in [5.74, 6) is 5.79. The smallest absolute Gasteiger partial charge is 0.251 e. The Labute approximate surface area is 121 Å². The number of hydrogen-bond donors (Lipinski definition) is 2. The van der Waals surface area contributed by atoms with Crippen LogP contribution < -0.4 is 11.1 Å². The Balaban J connectivity index is 2.78. The predicted molar refractivity (Wildman–Crippen MR) is 83.6 cm³/mol. The molecule has 1 unspecified atom stereocenters. The summed E-state index contributed by atoms with van der Waals surface area (Å²) in [6, 6.07) is 5.79. The molecular formula is C17H24N2O. The Morgan fingerprint density at radius 2 is 2.20 bits per heavy atom. The second-order valence-corrected chi connectivity index (χ2v) is 5.05. The molecule has 1 atom stereocenters. The van der Waals surface area contributed by atoms with Gasteiger partial charge in [-0.2, -0.15) is 0 Å². The normalized spacial score (nSPS) is 11.4. The van der Waals surface area contributed by atoms with Crippen molar-refractivity contribution in [2.75, 3.05) is 6.54 Å². The van der Waals surface area contributed by atoms with Crippen LogP contribution in [0.15, 0.2) is 18.2 Å². The second kappa shape index (κ2) is 8.39. The molecule has 0 aliphatic rings. The summed E-state index contributed by atoms with van der Waals surface area (Å²) in [7, 11) is 0. The van der Waals surface area contributed by atoms with Gasteiger partial charge in [0, 0.05) is 17.2 Å². The molecule has 0 radical (unpaired) electrons. The third kappa shape index (κ3) is 5.07. The Bertz CT molecular complexity index is 511. The number of aryl methyl sites for hydroxylation is 1. The molecule has 0 aliphatic carbocycles. The topological polar surface area (TPSA) is 55.1 Å². The Morgan fingerprint density at radius 3 is 2.85 bits per heavy atom. The van der Waals surface area contributed by atoms with Crippen molar-refractivity contribution in [3.63, 3.8) is 0 Å². The zero-order chi connectivity index (χ0) is 15.0. The van der Waals surface area contributed by atoms with E-state index >= 15 is 0 Å². The van der Waals surface area contributed by atoms with Crippen LogP contribution in [0.25, 0.3) is 0 Å². The minimum atomic E-state index is -0.0376. The van der Waals surface area contributed by atoms with Gasteiger partial charge in [0.2, 0.25) is 0 Å². The third-order valence-corrected chi connectivity index (χ3v) is 3.19. The van der Waals surface area contributed by atoms with Crippen LogP contribution in [0.3, 0.4) is 0 Å². The molecule has 0 spiro atoms. The number of unbranched alkanes of at least 4 members (excludes halogenated alkanes) is 1. The van der Waals surface area contributed by atoms with Gasteiger partial charge in [0.1, 0.15) is 0 Å². The van der Waals surface area contributed by atoms with Gasteiger partial charge in [0.15, 0.2) is 0 Å². The SMILES string of the molecule is CCCCC(C)NC(=O)c1ccc(C)c(C#CCN)c1. The Kier molecular flexibility index (Phi) is 6.83. The summed E-state index contributed by atoms with van der Waals surface area (Å²) in [5, 5.41) is 3.02. The van der Waals surface area contributed by atoms with Gasteiger partial charge < -0.3 is 11.1 Å². The number of rotatable bonds is 5. The van der Waals surface area contributed by atoms with Gasteiger partial charge >= 0.3 is 0 Å². The van der Waals surface area contributed by atoms with Crippen LogP contribution in [0.4, 0.5) is 0 Å². The van der Waals surface area contributed by atoms with Crippen molar-refractivity contribution >= 4 is 5.91 Å². The molecule has 0 saturated heterocycles. The van der Waals surface area contributed by atoms with Gasteiger partial charge in [0.05, 0.1) is 6.54 Å². The average molecular weight is 272 g/mol. The van der Waals surface area contributed by atoms with Gasteiger partial charge in [-0.3, -0.25) is 4.79 Å². The zero-order valence-electron chi connectivity index (χ0n) is 12.6. The number of carbonyl (C=O) groups is 1. The quantitative estimate of drug-likeness (QED) is 0.810. The first-order valence-electron chi connectivity index (χ1n) is 7.19. The number of benzene rings is 1. The summed E-state index contributed by atoms with van der Waals surface area (Å²) in [4.78, 5) is 12.2. The molecule has 1 aromatic carbocycles. The second-order valence-electron chi connectivity index (χ2n) is 5.05. The minimum Gasteiger partial charge on any atom is -0.350 e. The average Bonchev–Trinajstić information content (AvgIpc) is 2.44. The highest BCUT2D eigenvalue weighted by atomic mass is 16.1. The molecule has 0 fully saturated rings. The standard InChI is InChI=1S/C17H24N2O/c1-4-5-7-14(3)19-17(20)16-10-9-13(2)15(12-16)8-6-11-18/h9-10,12,14H,4-5,7,11,18H2,1-3H3,(H,19,20). The molecule has 20 heavy (non-hydrogen) atoms. The van der Waals surface area contributed by atoms with Crippen LogP contribution in [-0.2, 0) is 0 Å². The van der Waals surface area contributed by atoms with Gasteiger partial charge in [-0.05, 0) is 38.0 Å². The lowest BCUT2D eigenvalue weighted by Gasteiger charge is -2.13. The molecule has 0 aromatic heterocycles. The zero-order valence-corrected chi connectivity index (χ0v) is 12.6. The van der Waals surface area contributed by atoms with E-state index in [1.165, 1.54) is 0 Å². The predicted octanol–water partition coefficient (Wildman–Crippen LogP) is 2.61. The van der Waals surface area contributed by atoms with E-state index in [1.807, 2.05) is 32.0 Å². The van der Waals surface area contributed by atoms with E-state index in [2.05, 4.69) is 24.1 Å². The van der Waals surface area contributed by atoms with Crippen LogP contribution in [0.5, 0.6) is 0 Å². The molecule has 3 nitrogen and oxygen atoms in total. The molecule has 1 aromatic rings. The van der Waals surface area contributed by atoms with Crippen LogP contribution in [0, 0.1) is 18.8 Å². The molecular weight excluding hydrogens is 248 g/mol. The lowest BCUT2D eigenvalue weighted by Crippen LogP contribution is -2.32. The number of hydrogen-bond acceptors (Lipinski definition) is 2. The van der Waals surface area contributed by atoms with Crippen LogP contribution in [0.2, 0.25) is 0 Å². The molecule has 1 rings (SSSR count). The minimum absolute atomic E-state index is 0.0376. The van der Waals surface area contributed by atoms with E-state index in [0.29, 0.717) is 12.1 Å². The highest BCUT2D eigenvalue weighted by Gasteiger charge is 2.10. The van der Waals surface area contributed by atoms with E-state index in [-0.39, 0.29) is 11.9 Å². The van der Waals surface area contributed by atoms with E-state index in [0.717, 1.165) is 30.4 Å². The van der Waals surface area contributed by atoms with Gasteiger partial charge in [0.25, 0.3) is 5.91 Å². The fourth-order valence-corrected chi connectivity index (χ4v) is 1.93. The molecule has 0 aliphatic heterocycles. The summed E-state index contributed by atoms with van der Waals surface area (Å²) in [6.07, 6.45) is 3.28. The first-order chi connectivity index (χ1) is 9.58. The monoisotopic (exact) mass is 272 g/mol. The summed E-state index contributed by atoms with van der Waals surface area (Å²) >= 11 is 0. The van der Waals surface area contributed by atoms with Gasteiger partial charge in [-0.1, -0.05) is 37.7 Å². The number of nitrogens with one attached hydrogen (secondary N) is 1. The van der Waals surface area contributed by atoms with Crippen molar-refractivity contribution in [3.05, 3.63) is 34.9 Å². The number of nitrogens with two attached hydrogens (primary N) is 1. The van der Waals surface area contributed by atoms with Crippen LogP contribution >= 0.6 is 0 Å².